The predicted molar refractivity (Wildman–Crippen MR) is 71.5 cm³/mol. The number of anilines is 1. The van der Waals surface area contributed by atoms with E-state index in [1.807, 2.05) is 0 Å². The second-order valence-corrected chi connectivity index (χ2v) is 4.31. The van der Waals surface area contributed by atoms with E-state index in [0.29, 0.717) is 5.69 Å². The highest BCUT2D eigenvalue weighted by atomic mass is 19.1. The number of rotatable bonds is 4. The van der Waals surface area contributed by atoms with Gasteiger partial charge in [0.05, 0.1) is 4.92 Å². The molecule has 0 aliphatic heterocycles. The third kappa shape index (κ3) is 2.90. The third-order valence-corrected chi connectivity index (χ3v) is 2.95. The summed E-state index contributed by atoms with van der Waals surface area (Å²) < 4.78 is 26.9. The first-order valence-electron chi connectivity index (χ1n) is 5.91. The molecule has 2 rings (SSSR count). The fraction of sp³-hybridized carbons (Fsp3) is 0.143. The number of aryl methyl sites for hydroxylation is 1. The van der Waals surface area contributed by atoms with Crippen molar-refractivity contribution >= 4 is 11.4 Å². The van der Waals surface area contributed by atoms with Gasteiger partial charge in [0.1, 0.15) is 11.6 Å². The molecule has 20 heavy (non-hydrogen) atoms. The van der Waals surface area contributed by atoms with E-state index in [1.54, 1.807) is 13.0 Å². The highest BCUT2D eigenvalue weighted by Crippen LogP contribution is 2.23. The molecule has 0 spiro atoms. The van der Waals surface area contributed by atoms with Crippen molar-refractivity contribution in [2.24, 2.45) is 0 Å². The first kappa shape index (κ1) is 13.9. The summed E-state index contributed by atoms with van der Waals surface area (Å²) in [5.41, 5.74) is 1.06. The molecule has 0 saturated carbocycles. The van der Waals surface area contributed by atoms with Crippen LogP contribution in [-0.2, 0) is 6.54 Å². The van der Waals surface area contributed by atoms with Crippen molar-refractivity contribution in [3.8, 4) is 0 Å². The quantitative estimate of drug-likeness (QED) is 0.683. The molecule has 0 unspecified atom stereocenters. The van der Waals surface area contributed by atoms with E-state index in [-0.39, 0.29) is 17.8 Å². The second-order valence-electron chi connectivity index (χ2n) is 4.31. The molecule has 1 N–H and O–H groups in total. The van der Waals surface area contributed by atoms with Gasteiger partial charge in [0.2, 0.25) is 0 Å². The molecule has 0 aliphatic carbocycles. The van der Waals surface area contributed by atoms with Gasteiger partial charge in [-0.05, 0) is 24.6 Å². The van der Waals surface area contributed by atoms with Crippen LogP contribution in [0, 0.1) is 28.7 Å². The summed E-state index contributed by atoms with van der Waals surface area (Å²) in [6.07, 6.45) is 0. The van der Waals surface area contributed by atoms with Crippen LogP contribution in [0.3, 0.4) is 0 Å². The number of benzene rings is 2. The largest absolute Gasteiger partial charge is 0.380 e. The fourth-order valence-electron chi connectivity index (χ4n) is 1.80. The smallest absolute Gasteiger partial charge is 0.271 e. The van der Waals surface area contributed by atoms with E-state index in [4.69, 9.17) is 0 Å². The highest BCUT2D eigenvalue weighted by molar-refractivity contribution is 5.57. The molecule has 0 heterocycles. The monoisotopic (exact) mass is 278 g/mol. The lowest BCUT2D eigenvalue weighted by Gasteiger charge is -2.10. The number of nitro groups is 1. The van der Waals surface area contributed by atoms with Crippen molar-refractivity contribution in [1.29, 1.82) is 0 Å². The van der Waals surface area contributed by atoms with Crippen LogP contribution >= 0.6 is 0 Å². The maximum atomic E-state index is 13.5. The van der Waals surface area contributed by atoms with Crippen LogP contribution in [0.15, 0.2) is 36.4 Å². The number of nitrogens with zero attached hydrogens (tertiary/aromatic N) is 1. The normalized spacial score (nSPS) is 10.3. The first-order chi connectivity index (χ1) is 9.49. The van der Waals surface area contributed by atoms with Crippen molar-refractivity contribution in [3.63, 3.8) is 0 Å². The van der Waals surface area contributed by atoms with Gasteiger partial charge in [-0.15, -0.1) is 0 Å². The summed E-state index contributed by atoms with van der Waals surface area (Å²) in [4.78, 5) is 10.2. The Kier molecular flexibility index (Phi) is 3.93. The minimum Gasteiger partial charge on any atom is -0.380 e. The van der Waals surface area contributed by atoms with E-state index in [2.05, 4.69) is 5.32 Å². The number of nitrogens with one attached hydrogen (secondary N) is 1. The van der Waals surface area contributed by atoms with Crippen LogP contribution in [0.5, 0.6) is 0 Å². The van der Waals surface area contributed by atoms with Crippen LogP contribution in [0.4, 0.5) is 20.2 Å². The Bertz CT molecular complexity index is 639. The SMILES string of the molecule is Cc1ccc([N+](=O)[O-])cc1NCc1c(F)cccc1F. The molecule has 2 aromatic carbocycles. The lowest BCUT2D eigenvalue weighted by atomic mass is 10.1. The molecule has 0 bridgehead atoms. The summed E-state index contributed by atoms with van der Waals surface area (Å²) in [7, 11) is 0. The van der Waals surface area contributed by atoms with Crippen LogP contribution in [0.2, 0.25) is 0 Å². The van der Waals surface area contributed by atoms with E-state index in [9.17, 15) is 18.9 Å². The predicted octanol–water partition coefficient (Wildman–Crippen LogP) is 3.79. The number of hydrogen-bond acceptors (Lipinski definition) is 3. The topological polar surface area (TPSA) is 55.2 Å². The van der Waals surface area contributed by atoms with Gasteiger partial charge in [-0.2, -0.15) is 0 Å². The number of nitro benzene ring substituents is 1. The van der Waals surface area contributed by atoms with Crippen molar-refractivity contribution in [3.05, 3.63) is 69.3 Å². The Balaban J connectivity index is 2.23. The van der Waals surface area contributed by atoms with E-state index in [1.165, 1.54) is 30.3 Å². The number of non-ortho nitro benzene ring substituents is 1. The zero-order valence-electron chi connectivity index (χ0n) is 10.7. The molecule has 0 atom stereocenters. The minimum absolute atomic E-state index is 0.0768. The van der Waals surface area contributed by atoms with Gasteiger partial charge in [-0.1, -0.05) is 12.1 Å². The molecule has 0 fully saturated rings. The Morgan fingerprint density at radius 1 is 1.20 bits per heavy atom. The Labute approximate surface area is 114 Å². The molecule has 0 amide bonds. The zero-order chi connectivity index (χ0) is 14.7. The van der Waals surface area contributed by atoms with Crippen LogP contribution in [-0.4, -0.2) is 4.92 Å². The van der Waals surface area contributed by atoms with E-state index < -0.39 is 16.6 Å². The van der Waals surface area contributed by atoms with Crippen molar-refractivity contribution < 1.29 is 13.7 Å². The van der Waals surface area contributed by atoms with Crippen LogP contribution in [0.25, 0.3) is 0 Å². The molecule has 0 saturated heterocycles. The Hall–Kier alpha value is -2.50. The number of hydrogen-bond donors (Lipinski definition) is 1. The molecule has 2 aromatic rings. The maximum absolute atomic E-state index is 13.5. The molecule has 0 radical (unpaired) electrons. The van der Waals surface area contributed by atoms with Gasteiger partial charge in [0, 0.05) is 29.9 Å². The second kappa shape index (κ2) is 5.64. The minimum atomic E-state index is -0.652. The molecule has 0 aliphatic rings. The van der Waals surface area contributed by atoms with Gasteiger partial charge < -0.3 is 5.32 Å². The van der Waals surface area contributed by atoms with Gasteiger partial charge in [0.15, 0.2) is 0 Å². The lowest BCUT2D eigenvalue weighted by molar-refractivity contribution is -0.384. The summed E-state index contributed by atoms with van der Waals surface area (Å²) in [6.45, 7) is 1.67. The summed E-state index contributed by atoms with van der Waals surface area (Å²) in [5.74, 6) is -1.30. The molecular weight excluding hydrogens is 266 g/mol. The first-order valence-corrected chi connectivity index (χ1v) is 5.91. The average molecular weight is 278 g/mol. The molecule has 6 heteroatoms. The standard InChI is InChI=1S/C14H12F2N2O2/c1-9-5-6-10(18(19)20)7-14(9)17-8-11-12(15)3-2-4-13(11)16/h2-7,17H,8H2,1H3. The lowest BCUT2D eigenvalue weighted by Crippen LogP contribution is -2.06. The Morgan fingerprint density at radius 2 is 1.85 bits per heavy atom. The zero-order valence-corrected chi connectivity index (χ0v) is 10.7. The molecule has 4 nitrogen and oxygen atoms in total. The van der Waals surface area contributed by atoms with E-state index in [0.717, 1.165) is 5.56 Å². The molecular formula is C14H12F2N2O2. The fourth-order valence-corrected chi connectivity index (χ4v) is 1.80. The van der Waals surface area contributed by atoms with Gasteiger partial charge in [-0.25, -0.2) is 8.78 Å². The third-order valence-electron chi connectivity index (χ3n) is 2.95. The summed E-state index contributed by atoms with van der Waals surface area (Å²) >= 11 is 0. The maximum Gasteiger partial charge on any atom is 0.271 e. The summed E-state index contributed by atoms with van der Waals surface area (Å²) in [5, 5.41) is 13.5. The Morgan fingerprint density at radius 3 is 2.45 bits per heavy atom. The van der Waals surface area contributed by atoms with Gasteiger partial charge in [0.25, 0.3) is 5.69 Å². The highest BCUT2D eigenvalue weighted by Gasteiger charge is 2.11. The van der Waals surface area contributed by atoms with Crippen LogP contribution in [0.1, 0.15) is 11.1 Å². The van der Waals surface area contributed by atoms with Gasteiger partial charge in [-0.3, -0.25) is 10.1 Å². The summed E-state index contributed by atoms with van der Waals surface area (Å²) in [6, 6.07) is 7.92. The average Bonchev–Trinajstić information content (AvgIpc) is 2.39. The molecule has 0 aromatic heterocycles. The number of halogens is 2. The van der Waals surface area contributed by atoms with Crippen molar-refractivity contribution in [2.75, 3.05) is 5.32 Å². The van der Waals surface area contributed by atoms with E-state index >= 15 is 0 Å². The molecule has 104 valence electrons. The van der Waals surface area contributed by atoms with Crippen molar-refractivity contribution in [1.82, 2.24) is 0 Å². The van der Waals surface area contributed by atoms with Crippen molar-refractivity contribution in [2.45, 2.75) is 13.5 Å². The van der Waals surface area contributed by atoms with Crippen LogP contribution < -0.4 is 5.32 Å². The van der Waals surface area contributed by atoms with Gasteiger partial charge >= 0.3 is 0 Å².